The van der Waals surface area contributed by atoms with Crippen molar-refractivity contribution < 1.29 is 14.6 Å². The summed E-state index contributed by atoms with van der Waals surface area (Å²) in [5, 5.41) is 16.5. The highest BCUT2D eigenvalue weighted by Crippen LogP contribution is 2.28. The van der Waals surface area contributed by atoms with E-state index >= 15 is 0 Å². The summed E-state index contributed by atoms with van der Waals surface area (Å²) < 4.78 is 13.7. The van der Waals surface area contributed by atoms with Gasteiger partial charge in [-0.15, -0.1) is 16.4 Å². The van der Waals surface area contributed by atoms with Crippen LogP contribution in [0.15, 0.2) is 54.6 Å². The third-order valence-corrected chi connectivity index (χ3v) is 7.00. The smallest absolute Gasteiger partial charge is 0.233 e. The summed E-state index contributed by atoms with van der Waals surface area (Å²) in [5.74, 6) is 1.09. The molecule has 0 aliphatic rings. The fourth-order valence-corrected chi connectivity index (χ4v) is 5.12. The van der Waals surface area contributed by atoms with E-state index in [9.17, 15) is 5.11 Å². The predicted molar refractivity (Wildman–Crippen MR) is 145 cm³/mol. The minimum Gasteiger partial charge on any atom is -0.477 e. The van der Waals surface area contributed by atoms with Crippen molar-refractivity contribution in [2.45, 2.75) is 52.4 Å². The van der Waals surface area contributed by atoms with E-state index in [1.807, 2.05) is 54.9 Å². The maximum Gasteiger partial charge on any atom is 0.233 e. The van der Waals surface area contributed by atoms with Crippen molar-refractivity contribution in [3.8, 4) is 11.8 Å². The number of aryl methyl sites for hydroxylation is 1. The zero-order valence-corrected chi connectivity index (χ0v) is 22.6. The molecule has 1 N–H and O–H groups in total. The third kappa shape index (κ3) is 7.23. The summed E-state index contributed by atoms with van der Waals surface area (Å²) in [7, 11) is 0. The van der Waals surface area contributed by atoms with Gasteiger partial charge in [0.15, 0.2) is 0 Å². The van der Waals surface area contributed by atoms with Gasteiger partial charge in [0.2, 0.25) is 11.8 Å². The Morgan fingerprint density at radius 3 is 2.61 bits per heavy atom. The fourth-order valence-electron chi connectivity index (χ4n) is 3.74. The first-order chi connectivity index (χ1) is 17.4. The molecule has 0 saturated carbocycles. The molecule has 2 aromatic carbocycles. The number of nitrogens with zero attached hydrogens (tertiary/aromatic N) is 3. The molecule has 0 radical (unpaired) electrons. The number of aliphatic hydroxyl groups excluding tert-OH is 1. The molecule has 190 valence electrons. The van der Waals surface area contributed by atoms with Crippen LogP contribution in [0.25, 0.3) is 0 Å². The number of aliphatic hydroxyl groups is 1. The zero-order chi connectivity index (χ0) is 25.5. The third-order valence-electron chi connectivity index (χ3n) is 5.40. The molecule has 0 spiro atoms. The maximum absolute atomic E-state index is 9.77. The van der Waals surface area contributed by atoms with Gasteiger partial charge in [-0.05, 0) is 49.9 Å². The molecule has 2 heterocycles. The Bertz CT molecular complexity index is 1270. The summed E-state index contributed by atoms with van der Waals surface area (Å²) in [6.45, 7) is 4.83. The van der Waals surface area contributed by atoms with Crippen LogP contribution in [-0.4, -0.2) is 32.6 Å². The number of rotatable bonds is 12. The Hall–Kier alpha value is -2.58. The van der Waals surface area contributed by atoms with Crippen LogP contribution in [0.2, 0.25) is 10.0 Å². The average Bonchev–Trinajstić information content (AvgIpc) is 3.41. The number of hydrogen-bond donors (Lipinski definition) is 1. The van der Waals surface area contributed by atoms with E-state index in [0.29, 0.717) is 41.4 Å². The van der Waals surface area contributed by atoms with Crippen LogP contribution in [0.4, 0.5) is 0 Å². The number of halogens is 2. The number of hydrogen-bond acceptors (Lipinski definition) is 6. The van der Waals surface area contributed by atoms with Gasteiger partial charge >= 0.3 is 0 Å². The Morgan fingerprint density at radius 2 is 1.89 bits per heavy atom. The van der Waals surface area contributed by atoms with Crippen molar-refractivity contribution in [1.82, 2.24) is 14.8 Å². The van der Waals surface area contributed by atoms with E-state index in [-0.39, 0.29) is 12.7 Å². The van der Waals surface area contributed by atoms with Crippen molar-refractivity contribution in [2.75, 3.05) is 6.61 Å². The number of thiazole rings is 1. The lowest BCUT2D eigenvalue weighted by molar-refractivity contribution is 0.230. The highest BCUT2D eigenvalue weighted by Gasteiger charge is 2.15. The lowest BCUT2D eigenvalue weighted by Gasteiger charge is -2.10. The minimum atomic E-state index is -0.0910. The van der Waals surface area contributed by atoms with Gasteiger partial charge in [-0.3, -0.25) is 4.68 Å². The van der Waals surface area contributed by atoms with Crippen molar-refractivity contribution in [2.24, 2.45) is 0 Å². The minimum absolute atomic E-state index is 0.0234. The van der Waals surface area contributed by atoms with Crippen LogP contribution in [0.5, 0.6) is 11.8 Å². The molecule has 36 heavy (non-hydrogen) atoms. The molecule has 2 aromatic heterocycles. The van der Waals surface area contributed by atoms with Crippen LogP contribution in [0.1, 0.15) is 47.0 Å². The van der Waals surface area contributed by atoms with Gasteiger partial charge in [0, 0.05) is 28.2 Å². The van der Waals surface area contributed by atoms with Crippen LogP contribution >= 0.6 is 34.5 Å². The van der Waals surface area contributed by atoms with E-state index < -0.39 is 0 Å². The normalized spacial score (nSPS) is 11.3. The van der Waals surface area contributed by atoms with E-state index in [1.165, 1.54) is 16.9 Å². The van der Waals surface area contributed by atoms with Crippen LogP contribution in [0.3, 0.4) is 0 Å². The molecule has 0 amide bonds. The van der Waals surface area contributed by atoms with Gasteiger partial charge in [0.1, 0.15) is 5.01 Å². The van der Waals surface area contributed by atoms with Crippen molar-refractivity contribution in [1.29, 1.82) is 0 Å². The molecular weight excluding hydrogens is 517 g/mol. The molecule has 0 bridgehead atoms. The fraction of sp³-hybridized carbons (Fsp3) is 0.333. The van der Waals surface area contributed by atoms with Crippen molar-refractivity contribution >= 4 is 34.5 Å². The van der Waals surface area contributed by atoms with E-state index in [1.54, 1.807) is 6.07 Å². The standard InChI is InChI=1S/C27H29Cl2N3O3S/c1-18(2)35-25-15-22(32(31-25)16-20-10-11-21(28)14-23(20)29)9-6-12-34-27-24(17-33)36-26(30-27)13-19-7-4-3-5-8-19/h3-5,7-8,10-11,14-15,18,33H,6,9,12-13,16-17H2,1-2H3. The Kier molecular flexibility index (Phi) is 9.26. The summed E-state index contributed by atoms with van der Waals surface area (Å²) in [6, 6.07) is 17.6. The number of benzene rings is 2. The van der Waals surface area contributed by atoms with Gasteiger partial charge in [0.05, 0.1) is 30.7 Å². The lowest BCUT2D eigenvalue weighted by atomic mass is 10.2. The summed E-state index contributed by atoms with van der Waals surface area (Å²) in [4.78, 5) is 5.37. The van der Waals surface area contributed by atoms with Gasteiger partial charge in [0.25, 0.3) is 0 Å². The molecule has 0 aliphatic carbocycles. The summed E-state index contributed by atoms with van der Waals surface area (Å²) in [5.41, 5.74) is 3.13. The quantitative estimate of drug-likeness (QED) is 0.204. The molecule has 0 atom stereocenters. The molecule has 6 nitrogen and oxygen atoms in total. The average molecular weight is 547 g/mol. The number of aromatic nitrogens is 3. The van der Waals surface area contributed by atoms with E-state index in [2.05, 4.69) is 22.2 Å². The van der Waals surface area contributed by atoms with Gasteiger partial charge in [-0.2, -0.15) is 0 Å². The van der Waals surface area contributed by atoms with E-state index in [0.717, 1.165) is 34.0 Å². The molecular formula is C27H29Cl2N3O3S. The van der Waals surface area contributed by atoms with Gasteiger partial charge in [-0.1, -0.05) is 59.6 Å². The second-order valence-electron chi connectivity index (χ2n) is 8.64. The summed E-state index contributed by atoms with van der Waals surface area (Å²) >= 11 is 13.9. The molecule has 4 aromatic rings. The highest BCUT2D eigenvalue weighted by atomic mass is 35.5. The molecule has 9 heteroatoms. The Labute approximate surface area is 225 Å². The van der Waals surface area contributed by atoms with Crippen molar-refractivity contribution in [3.63, 3.8) is 0 Å². The highest BCUT2D eigenvalue weighted by molar-refractivity contribution is 7.11. The molecule has 0 aliphatic heterocycles. The SMILES string of the molecule is CC(C)Oc1cc(CCCOc2nc(Cc3ccccc3)sc2CO)n(Cc2ccc(Cl)cc2Cl)n1. The Balaban J connectivity index is 1.39. The van der Waals surface area contributed by atoms with E-state index in [4.69, 9.17) is 32.7 Å². The first-order valence-corrected chi connectivity index (χ1v) is 13.4. The predicted octanol–water partition coefficient (Wildman–Crippen LogP) is 6.58. The van der Waals surface area contributed by atoms with Crippen molar-refractivity contribution in [3.05, 3.63) is 91.3 Å². The largest absolute Gasteiger partial charge is 0.477 e. The number of ether oxygens (including phenoxy) is 2. The first-order valence-electron chi connectivity index (χ1n) is 11.8. The molecule has 0 fully saturated rings. The second kappa shape index (κ2) is 12.6. The first kappa shape index (κ1) is 26.5. The van der Waals surface area contributed by atoms with Gasteiger partial charge < -0.3 is 14.6 Å². The van der Waals surface area contributed by atoms with Crippen LogP contribution < -0.4 is 9.47 Å². The molecule has 0 saturated heterocycles. The molecule has 4 rings (SSSR count). The van der Waals surface area contributed by atoms with Gasteiger partial charge in [-0.25, -0.2) is 4.98 Å². The molecule has 0 unspecified atom stereocenters. The topological polar surface area (TPSA) is 69.4 Å². The van der Waals surface area contributed by atoms with Crippen LogP contribution in [-0.2, 0) is 26.0 Å². The summed E-state index contributed by atoms with van der Waals surface area (Å²) in [6.07, 6.45) is 2.22. The second-order valence-corrected chi connectivity index (χ2v) is 10.7. The van der Waals surface area contributed by atoms with Crippen LogP contribution in [0, 0.1) is 0 Å². The lowest BCUT2D eigenvalue weighted by Crippen LogP contribution is -2.10. The Morgan fingerprint density at radius 1 is 1.08 bits per heavy atom. The maximum atomic E-state index is 9.77. The monoisotopic (exact) mass is 545 g/mol. The zero-order valence-electron chi connectivity index (χ0n) is 20.3.